The van der Waals surface area contributed by atoms with Crippen LogP contribution in [0.25, 0.3) is 0 Å². The molecule has 0 heterocycles. The van der Waals surface area contributed by atoms with Crippen molar-refractivity contribution in [2.75, 3.05) is 27.3 Å². The standard InChI is InChI=1S/C26H35N2O6P/c1-28(2)25(29)22-4-3-5-24(14-22)33-16-18-6-7-20-13-21(9-8-19(20)12-18)23-10-11-26(27,15-23)17-34-35(30,31)32/h3-5,8-9,13-14,18,23H,6-7,10-12,15-17,27H2,1-2H3,(H2,30,31,32)/t18-,23+,26-/m0/s1. The number of carbonyl (C=O) groups is 1. The van der Waals surface area contributed by atoms with Crippen LogP contribution in [0.3, 0.4) is 0 Å². The summed E-state index contributed by atoms with van der Waals surface area (Å²) in [4.78, 5) is 31.7. The summed E-state index contributed by atoms with van der Waals surface area (Å²) in [5, 5.41) is 0. The Hall–Kier alpha value is -2.22. The maximum Gasteiger partial charge on any atom is 0.469 e. The minimum absolute atomic E-state index is 0.0405. The van der Waals surface area contributed by atoms with Crippen molar-refractivity contribution in [3.05, 3.63) is 64.7 Å². The molecule has 0 bridgehead atoms. The van der Waals surface area contributed by atoms with Crippen molar-refractivity contribution in [2.45, 2.75) is 50.0 Å². The Morgan fingerprint density at radius 1 is 1.17 bits per heavy atom. The molecule has 0 unspecified atom stereocenters. The number of benzene rings is 2. The minimum atomic E-state index is -4.52. The normalized spacial score (nSPS) is 24.1. The van der Waals surface area contributed by atoms with Gasteiger partial charge in [-0.1, -0.05) is 24.3 Å². The molecule has 1 amide bonds. The zero-order chi connectivity index (χ0) is 25.2. The lowest BCUT2D eigenvalue weighted by Crippen LogP contribution is -2.41. The Balaban J connectivity index is 1.33. The van der Waals surface area contributed by atoms with Gasteiger partial charge in [0, 0.05) is 25.2 Å². The summed E-state index contributed by atoms with van der Waals surface area (Å²) in [6.07, 6.45) is 5.18. The number of hydrogen-bond donors (Lipinski definition) is 3. The number of aryl methyl sites for hydroxylation is 1. The molecule has 1 fully saturated rings. The van der Waals surface area contributed by atoms with Gasteiger partial charge in [0.1, 0.15) is 5.75 Å². The monoisotopic (exact) mass is 502 g/mol. The lowest BCUT2D eigenvalue weighted by atomic mass is 9.82. The first kappa shape index (κ1) is 25.9. The summed E-state index contributed by atoms with van der Waals surface area (Å²) in [5.74, 6) is 1.35. The van der Waals surface area contributed by atoms with Crippen LogP contribution in [-0.2, 0) is 21.9 Å². The summed E-state index contributed by atoms with van der Waals surface area (Å²) < 4.78 is 21.8. The van der Waals surface area contributed by atoms with Gasteiger partial charge in [0.25, 0.3) is 5.91 Å². The fourth-order valence-corrected chi connectivity index (χ4v) is 5.65. The molecule has 2 aliphatic rings. The van der Waals surface area contributed by atoms with Gasteiger partial charge in [-0.05, 0) is 85.3 Å². The van der Waals surface area contributed by atoms with E-state index in [1.807, 2.05) is 12.1 Å². The first-order chi connectivity index (χ1) is 16.5. The predicted molar refractivity (Wildman–Crippen MR) is 133 cm³/mol. The number of rotatable bonds is 8. The Morgan fingerprint density at radius 2 is 1.97 bits per heavy atom. The molecule has 2 aromatic carbocycles. The highest BCUT2D eigenvalue weighted by molar-refractivity contribution is 7.46. The fourth-order valence-electron chi connectivity index (χ4n) is 5.22. The van der Waals surface area contributed by atoms with E-state index in [0.717, 1.165) is 25.7 Å². The van der Waals surface area contributed by atoms with Crippen molar-refractivity contribution in [3.8, 4) is 5.75 Å². The Labute approximate surface area is 206 Å². The number of amides is 1. The van der Waals surface area contributed by atoms with E-state index in [9.17, 15) is 9.36 Å². The van der Waals surface area contributed by atoms with Crippen LogP contribution < -0.4 is 10.5 Å². The van der Waals surface area contributed by atoms with Crippen molar-refractivity contribution >= 4 is 13.7 Å². The van der Waals surface area contributed by atoms with Gasteiger partial charge in [0.05, 0.1) is 13.2 Å². The number of nitrogens with two attached hydrogens (primary N) is 1. The molecule has 0 aromatic heterocycles. The maximum absolute atomic E-state index is 12.2. The first-order valence-corrected chi connectivity index (χ1v) is 13.6. The summed E-state index contributed by atoms with van der Waals surface area (Å²) in [7, 11) is -1.04. The molecular weight excluding hydrogens is 467 g/mol. The number of phosphoric ester groups is 1. The topological polar surface area (TPSA) is 122 Å². The second-order valence-corrected chi connectivity index (χ2v) is 11.5. The highest BCUT2D eigenvalue weighted by atomic mass is 31.2. The van der Waals surface area contributed by atoms with Crippen molar-refractivity contribution in [1.82, 2.24) is 4.90 Å². The molecule has 0 aliphatic heterocycles. The third-order valence-electron chi connectivity index (χ3n) is 7.17. The van der Waals surface area contributed by atoms with E-state index in [2.05, 4.69) is 18.2 Å². The zero-order valence-corrected chi connectivity index (χ0v) is 21.2. The minimum Gasteiger partial charge on any atom is -0.493 e. The molecule has 4 rings (SSSR count). The van der Waals surface area contributed by atoms with Crippen LogP contribution in [0, 0.1) is 5.92 Å². The number of nitrogens with zero attached hydrogens (tertiary/aromatic N) is 1. The van der Waals surface area contributed by atoms with E-state index in [1.54, 1.807) is 31.1 Å². The van der Waals surface area contributed by atoms with Gasteiger partial charge < -0.3 is 25.2 Å². The van der Waals surface area contributed by atoms with Gasteiger partial charge in [-0.25, -0.2) is 4.57 Å². The molecule has 0 saturated heterocycles. The predicted octanol–water partition coefficient (Wildman–Crippen LogP) is 3.65. The van der Waals surface area contributed by atoms with Crippen molar-refractivity contribution in [3.63, 3.8) is 0 Å². The van der Waals surface area contributed by atoms with Crippen molar-refractivity contribution in [2.24, 2.45) is 11.7 Å². The zero-order valence-electron chi connectivity index (χ0n) is 20.4. The molecule has 1 saturated carbocycles. The number of phosphoric acid groups is 1. The average Bonchev–Trinajstić information content (AvgIpc) is 3.23. The SMILES string of the molecule is CN(C)C(=O)c1cccc(OC[C@H]2CCc3cc([C@@H]4CC[C@@](N)(COP(=O)(O)O)C4)ccc3C2)c1. The van der Waals surface area contributed by atoms with Gasteiger partial charge in [-0.3, -0.25) is 9.32 Å². The van der Waals surface area contributed by atoms with Crippen LogP contribution in [0.2, 0.25) is 0 Å². The van der Waals surface area contributed by atoms with Crippen LogP contribution >= 0.6 is 7.82 Å². The molecule has 35 heavy (non-hydrogen) atoms. The van der Waals surface area contributed by atoms with Crippen LogP contribution in [0.4, 0.5) is 0 Å². The molecule has 9 heteroatoms. The van der Waals surface area contributed by atoms with E-state index in [1.165, 1.54) is 16.7 Å². The molecule has 190 valence electrons. The van der Waals surface area contributed by atoms with Crippen LogP contribution in [0.15, 0.2) is 42.5 Å². The largest absolute Gasteiger partial charge is 0.493 e. The second kappa shape index (κ2) is 10.4. The first-order valence-electron chi connectivity index (χ1n) is 12.1. The smallest absolute Gasteiger partial charge is 0.469 e. The lowest BCUT2D eigenvalue weighted by Gasteiger charge is -2.27. The molecule has 4 N–H and O–H groups in total. The van der Waals surface area contributed by atoms with Crippen LogP contribution in [0.1, 0.15) is 58.6 Å². The van der Waals surface area contributed by atoms with Gasteiger partial charge in [0.15, 0.2) is 0 Å². The quantitative estimate of drug-likeness (QED) is 0.471. The summed E-state index contributed by atoms with van der Waals surface area (Å²) in [6, 6.07) is 14.0. The third-order valence-corrected chi connectivity index (χ3v) is 7.63. The van der Waals surface area contributed by atoms with Crippen molar-refractivity contribution < 1.29 is 28.4 Å². The Morgan fingerprint density at radius 3 is 2.71 bits per heavy atom. The second-order valence-electron chi connectivity index (χ2n) is 10.2. The lowest BCUT2D eigenvalue weighted by molar-refractivity contribution is 0.0827. The third kappa shape index (κ3) is 6.72. The van der Waals surface area contributed by atoms with E-state index >= 15 is 0 Å². The molecule has 2 aromatic rings. The Bertz CT molecular complexity index is 1120. The van der Waals surface area contributed by atoms with E-state index in [4.69, 9.17) is 24.8 Å². The molecular formula is C26H35N2O6P. The van der Waals surface area contributed by atoms with Gasteiger partial charge in [-0.15, -0.1) is 0 Å². The summed E-state index contributed by atoms with van der Waals surface area (Å²) >= 11 is 0. The van der Waals surface area contributed by atoms with Gasteiger partial charge >= 0.3 is 7.82 Å². The van der Waals surface area contributed by atoms with E-state index in [0.29, 0.717) is 36.7 Å². The molecule has 0 radical (unpaired) electrons. The maximum atomic E-state index is 12.2. The molecule has 3 atom stereocenters. The highest BCUT2D eigenvalue weighted by Crippen LogP contribution is 2.44. The van der Waals surface area contributed by atoms with Crippen LogP contribution in [0.5, 0.6) is 5.75 Å². The fraction of sp³-hybridized carbons (Fsp3) is 0.500. The van der Waals surface area contributed by atoms with Crippen LogP contribution in [-0.4, -0.2) is 53.4 Å². The number of hydrogen-bond acceptors (Lipinski definition) is 5. The molecule has 8 nitrogen and oxygen atoms in total. The van der Waals surface area contributed by atoms with E-state index in [-0.39, 0.29) is 18.4 Å². The molecule has 0 spiro atoms. The summed E-state index contributed by atoms with van der Waals surface area (Å²) in [6.45, 7) is 0.477. The number of carbonyl (C=O) groups excluding carboxylic acids is 1. The molecule has 2 aliphatic carbocycles. The number of ether oxygens (including phenoxy) is 1. The van der Waals surface area contributed by atoms with Crippen molar-refractivity contribution in [1.29, 1.82) is 0 Å². The van der Waals surface area contributed by atoms with Gasteiger partial charge in [0.2, 0.25) is 0 Å². The average molecular weight is 503 g/mol. The van der Waals surface area contributed by atoms with Gasteiger partial charge in [-0.2, -0.15) is 0 Å². The Kier molecular flexibility index (Phi) is 7.69. The highest BCUT2D eigenvalue weighted by Gasteiger charge is 2.38. The van der Waals surface area contributed by atoms with E-state index < -0.39 is 13.4 Å². The summed E-state index contributed by atoms with van der Waals surface area (Å²) in [5.41, 5.74) is 10.2. The number of fused-ring (bicyclic) bond motifs is 1.